The minimum absolute atomic E-state index is 0.107. The van der Waals surface area contributed by atoms with Gasteiger partial charge in [0.1, 0.15) is 5.56 Å². The largest absolute Gasteiger partial charge is 0.375 e. The first-order valence-corrected chi connectivity index (χ1v) is 7.84. The van der Waals surface area contributed by atoms with Gasteiger partial charge in [0.25, 0.3) is 11.5 Å². The molecule has 128 valence electrons. The Kier molecular flexibility index (Phi) is 5.75. The van der Waals surface area contributed by atoms with Crippen molar-refractivity contribution in [3.8, 4) is 0 Å². The molecule has 1 aromatic carbocycles. The molecule has 6 nitrogen and oxygen atoms in total. The maximum absolute atomic E-state index is 12.5. The maximum Gasteiger partial charge on any atom is 0.279 e. The molecule has 1 N–H and O–H groups in total. The van der Waals surface area contributed by atoms with E-state index in [2.05, 4.69) is 10.4 Å². The van der Waals surface area contributed by atoms with Gasteiger partial charge < -0.3 is 10.1 Å². The van der Waals surface area contributed by atoms with E-state index in [1.165, 1.54) is 11.7 Å². The van der Waals surface area contributed by atoms with E-state index in [0.29, 0.717) is 16.3 Å². The predicted octanol–water partition coefficient (Wildman–Crippen LogP) is 2.17. The summed E-state index contributed by atoms with van der Waals surface area (Å²) in [5, 5.41) is 7.46. The first-order chi connectivity index (χ1) is 11.3. The zero-order valence-electron chi connectivity index (χ0n) is 14.1. The first kappa shape index (κ1) is 18.2. The van der Waals surface area contributed by atoms with Gasteiger partial charge in [0.2, 0.25) is 0 Å². The highest BCUT2D eigenvalue weighted by Gasteiger charge is 2.19. The van der Waals surface area contributed by atoms with Gasteiger partial charge in [0.15, 0.2) is 0 Å². The third kappa shape index (κ3) is 3.83. The summed E-state index contributed by atoms with van der Waals surface area (Å²) in [6.07, 6.45) is -0.335. The molecular formula is C17H20ClN3O3. The van der Waals surface area contributed by atoms with Crippen LogP contribution in [0.25, 0.3) is 0 Å². The lowest BCUT2D eigenvalue weighted by atomic mass is 10.1. The number of nitrogens with one attached hydrogen (secondary N) is 1. The zero-order valence-corrected chi connectivity index (χ0v) is 14.8. The molecule has 0 aliphatic heterocycles. The van der Waals surface area contributed by atoms with Crippen LogP contribution >= 0.6 is 11.6 Å². The van der Waals surface area contributed by atoms with Crippen molar-refractivity contribution in [3.63, 3.8) is 0 Å². The third-order valence-corrected chi connectivity index (χ3v) is 4.18. The summed E-state index contributed by atoms with van der Waals surface area (Å²) in [5.41, 5.74) is 1.80. The molecule has 2 rings (SSSR count). The van der Waals surface area contributed by atoms with Crippen LogP contribution in [0.1, 0.15) is 33.3 Å². The summed E-state index contributed by atoms with van der Waals surface area (Å²) < 4.78 is 6.59. The van der Waals surface area contributed by atoms with Gasteiger partial charge in [-0.05, 0) is 37.1 Å². The van der Waals surface area contributed by atoms with E-state index >= 15 is 0 Å². The number of aromatic nitrogens is 2. The Hall–Kier alpha value is -2.18. The molecule has 7 heteroatoms. The summed E-state index contributed by atoms with van der Waals surface area (Å²) in [7, 11) is 3.09. The molecule has 1 heterocycles. The Morgan fingerprint density at radius 3 is 2.54 bits per heavy atom. The van der Waals surface area contributed by atoms with Crippen molar-refractivity contribution < 1.29 is 9.53 Å². The average Bonchev–Trinajstić information content (AvgIpc) is 2.55. The molecule has 0 aliphatic carbocycles. The summed E-state index contributed by atoms with van der Waals surface area (Å²) in [5.74, 6) is -0.436. The molecule has 2 aromatic rings. The predicted molar refractivity (Wildman–Crippen MR) is 92.5 cm³/mol. The van der Waals surface area contributed by atoms with Crippen molar-refractivity contribution in [2.45, 2.75) is 20.0 Å². The summed E-state index contributed by atoms with van der Waals surface area (Å²) in [4.78, 5) is 24.7. The number of amides is 1. The highest BCUT2D eigenvalue weighted by molar-refractivity contribution is 6.30. The molecule has 0 fully saturated rings. The van der Waals surface area contributed by atoms with Gasteiger partial charge in [-0.1, -0.05) is 23.7 Å². The lowest BCUT2D eigenvalue weighted by molar-refractivity contribution is 0.0825. The topological polar surface area (TPSA) is 73.2 Å². The van der Waals surface area contributed by atoms with E-state index in [1.807, 2.05) is 12.1 Å². The Balaban J connectivity index is 2.18. The Morgan fingerprint density at radius 2 is 1.96 bits per heavy atom. The maximum atomic E-state index is 12.5. The van der Waals surface area contributed by atoms with Crippen molar-refractivity contribution in [1.82, 2.24) is 15.1 Å². The molecule has 0 saturated heterocycles. The highest BCUT2D eigenvalue weighted by atomic mass is 35.5. The molecule has 1 unspecified atom stereocenters. The highest BCUT2D eigenvalue weighted by Crippen LogP contribution is 2.18. The number of aryl methyl sites for hydroxylation is 2. The van der Waals surface area contributed by atoms with Gasteiger partial charge in [-0.15, -0.1) is 0 Å². The lowest BCUT2D eigenvalue weighted by Crippen LogP contribution is -2.37. The van der Waals surface area contributed by atoms with Gasteiger partial charge in [-0.25, -0.2) is 4.68 Å². The molecule has 1 amide bonds. The number of ether oxygens (including phenoxy) is 1. The van der Waals surface area contributed by atoms with Crippen molar-refractivity contribution in [2.75, 3.05) is 13.7 Å². The number of carbonyl (C=O) groups excluding carboxylic acids is 1. The van der Waals surface area contributed by atoms with Gasteiger partial charge in [-0.2, -0.15) is 5.10 Å². The fourth-order valence-corrected chi connectivity index (χ4v) is 2.53. The Bertz CT molecular complexity index is 800. The first-order valence-electron chi connectivity index (χ1n) is 7.46. The standard InChI is InChI=1S/C17H20ClN3O3/c1-10-11(2)20-21(3)17(23)15(10)16(22)19-9-14(24-4)12-5-7-13(18)8-6-12/h5-8,14H,9H2,1-4H3,(H,19,22). The summed E-state index contributed by atoms with van der Waals surface area (Å²) >= 11 is 5.88. The number of halogens is 1. The van der Waals surface area contributed by atoms with Crippen LogP contribution in [0.15, 0.2) is 29.1 Å². The Labute approximate surface area is 145 Å². The number of hydrogen-bond donors (Lipinski definition) is 1. The van der Waals surface area contributed by atoms with Crippen LogP contribution in [0.3, 0.4) is 0 Å². The van der Waals surface area contributed by atoms with E-state index in [4.69, 9.17) is 16.3 Å². The van der Waals surface area contributed by atoms with Gasteiger partial charge in [-0.3, -0.25) is 9.59 Å². The fraction of sp³-hybridized carbons (Fsp3) is 0.353. The smallest absolute Gasteiger partial charge is 0.279 e. The average molecular weight is 350 g/mol. The van der Waals surface area contributed by atoms with Crippen molar-refractivity contribution in [3.05, 3.63) is 62.0 Å². The molecule has 0 spiro atoms. The van der Waals surface area contributed by atoms with Crippen molar-refractivity contribution in [2.24, 2.45) is 7.05 Å². The third-order valence-electron chi connectivity index (χ3n) is 3.93. The van der Waals surface area contributed by atoms with Crippen LogP contribution in [0.2, 0.25) is 5.02 Å². The zero-order chi connectivity index (χ0) is 17.9. The normalized spacial score (nSPS) is 12.0. The van der Waals surface area contributed by atoms with Gasteiger partial charge >= 0.3 is 0 Å². The number of carbonyl (C=O) groups is 1. The van der Waals surface area contributed by atoms with Crippen LogP contribution in [0.4, 0.5) is 0 Å². The van der Waals surface area contributed by atoms with E-state index in [9.17, 15) is 9.59 Å². The molecule has 0 saturated carbocycles. The molecule has 1 aromatic heterocycles. The van der Waals surface area contributed by atoms with Crippen LogP contribution in [-0.2, 0) is 11.8 Å². The SMILES string of the molecule is COC(CNC(=O)c1c(C)c(C)nn(C)c1=O)c1ccc(Cl)cc1. The van der Waals surface area contributed by atoms with Gasteiger partial charge in [0.05, 0.1) is 11.8 Å². The second-order valence-electron chi connectivity index (χ2n) is 5.50. The second-order valence-corrected chi connectivity index (χ2v) is 5.94. The van der Waals surface area contributed by atoms with Gasteiger partial charge in [0, 0.05) is 25.7 Å². The number of benzene rings is 1. The van der Waals surface area contributed by atoms with Crippen molar-refractivity contribution >= 4 is 17.5 Å². The molecule has 1 atom stereocenters. The van der Waals surface area contributed by atoms with E-state index in [1.54, 1.807) is 33.1 Å². The monoisotopic (exact) mass is 349 g/mol. The number of nitrogens with zero attached hydrogens (tertiary/aromatic N) is 2. The number of rotatable bonds is 5. The molecule has 0 aliphatic rings. The lowest BCUT2D eigenvalue weighted by Gasteiger charge is -2.17. The fourth-order valence-electron chi connectivity index (χ4n) is 2.40. The van der Waals surface area contributed by atoms with E-state index in [0.717, 1.165) is 5.56 Å². The number of hydrogen-bond acceptors (Lipinski definition) is 4. The Morgan fingerprint density at radius 1 is 1.33 bits per heavy atom. The van der Waals surface area contributed by atoms with Crippen LogP contribution in [0.5, 0.6) is 0 Å². The second kappa shape index (κ2) is 7.59. The molecular weight excluding hydrogens is 330 g/mol. The summed E-state index contributed by atoms with van der Waals surface area (Å²) in [6, 6.07) is 7.20. The van der Waals surface area contributed by atoms with E-state index < -0.39 is 11.5 Å². The van der Waals surface area contributed by atoms with Crippen LogP contribution in [0, 0.1) is 13.8 Å². The van der Waals surface area contributed by atoms with Crippen LogP contribution in [-0.4, -0.2) is 29.3 Å². The minimum atomic E-state index is -0.436. The minimum Gasteiger partial charge on any atom is -0.375 e. The van der Waals surface area contributed by atoms with Crippen LogP contribution < -0.4 is 10.9 Å². The van der Waals surface area contributed by atoms with E-state index in [-0.39, 0.29) is 18.2 Å². The molecule has 0 bridgehead atoms. The summed E-state index contributed by atoms with van der Waals surface area (Å²) in [6.45, 7) is 3.71. The molecule has 0 radical (unpaired) electrons. The van der Waals surface area contributed by atoms with Crippen molar-refractivity contribution in [1.29, 1.82) is 0 Å². The quantitative estimate of drug-likeness (QED) is 0.897. The molecule has 24 heavy (non-hydrogen) atoms. The number of methoxy groups -OCH3 is 1.